The van der Waals surface area contributed by atoms with Gasteiger partial charge in [0.05, 0.1) is 48.6 Å². The summed E-state index contributed by atoms with van der Waals surface area (Å²) < 4.78 is 56.6. The molecule has 2 aliphatic rings. The van der Waals surface area contributed by atoms with E-state index < -0.39 is 16.0 Å². The Kier molecular flexibility index (Phi) is 13.3. The number of fused-ring (bicyclic) bond motifs is 8. The highest BCUT2D eigenvalue weighted by Gasteiger charge is 2.37. The highest BCUT2D eigenvalue weighted by molar-refractivity contribution is 14.1. The minimum Gasteiger partial charge on any atom is -0.493 e. The number of hydrogen-bond donors (Lipinski definition) is 0. The van der Waals surface area contributed by atoms with E-state index in [0.717, 1.165) is 85.2 Å². The maximum Gasteiger partial charge on any atom is 0.354 e. The standard InChI is InChI=1S/C48H51IN7O8S2/c1-30-44-39(51-55(30)43-18-10-11-21-64-43)28-54(66(59,60)42-17-9-8-16-40(42)56(58)62-5)27-33-24-34(53(3)50-33)29-65-35-23-31-13-6-7-14-36(31)41(25-35)63-22-12-15-37-38-20-19-32(26-49)45(44)46(38)52(2)47(37)48(57)61-4/h6-9,13-14,16-17,19-20,23-25,43H,10-12,15,18,21-22,26-29H2,1-5H3/q+1. The first-order chi connectivity index (χ1) is 31.9. The Balaban J connectivity index is 1.30. The molecule has 0 amide bonds. The zero-order chi connectivity index (χ0) is 46.3. The smallest absolute Gasteiger partial charge is 0.354 e. The van der Waals surface area contributed by atoms with Crippen LogP contribution in [0.1, 0.15) is 76.3 Å². The van der Waals surface area contributed by atoms with Gasteiger partial charge in [-0.2, -0.15) is 14.5 Å². The van der Waals surface area contributed by atoms with Crippen molar-refractivity contribution >= 4 is 77.7 Å². The molecule has 3 aromatic heterocycles. The summed E-state index contributed by atoms with van der Waals surface area (Å²) in [5, 5.41) is 13.0. The van der Waals surface area contributed by atoms with E-state index in [1.54, 1.807) is 28.6 Å². The van der Waals surface area contributed by atoms with E-state index in [1.165, 1.54) is 30.7 Å². The summed E-state index contributed by atoms with van der Waals surface area (Å²) in [5.41, 5.74) is 7.10. The zero-order valence-electron chi connectivity index (χ0n) is 37.5. The monoisotopic (exact) mass is 1040 g/mol. The molecule has 2 aliphatic heterocycles. The van der Waals surface area contributed by atoms with E-state index in [4.69, 9.17) is 29.2 Å². The molecular weight excluding hydrogens is 994 g/mol. The summed E-state index contributed by atoms with van der Waals surface area (Å²) >= 11 is 3.98. The molecular formula is C48H51IN7O8S2+. The minimum absolute atomic E-state index is 0.148. The fourth-order valence-corrected chi connectivity index (χ4v) is 12.5. The number of nitrogens with zero attached hydrogens (tertiary/aromatic N) is 7. The van der Waals surface area contributed by atoms with Gasteiger partial charge in [-0.05, 0) is 79.8 Å². The number of ether oxygens (including phenoxy) is 3. The van der Waals surface area contributed by atoms with Crippen LogP contribution in [0.2, 0.25) is 0 Å². The molecule has 1 saturated heterocycles. The number of benzene rings is 4. The molecule has 344 valence electrons. The summed E-state index contributed by atoms with van der Waals surface area (Å²) in [6, 6.07) is 24.4. The van der Waals surface area contributed by atoms with E-state index in [1.807, 2.05) is 48.5 Å². The van der Waals surface area contributed by atoms with Crippen molar-refractivity contribution in [1.82, 2.24) is 28.4 Å². The van der Waals surface area contributed by atoms with Crippen LogP contribution in [0.3, 0.4) is 0 Å². The van der Waals surface area contributed by atoms with Gasteiger partial charge in [-0.15, -0.1) is 11.8 Å². The number of carbonyl (C=O) groups is 1. The molecule has 0 radical (unpaired) electrons. The summed E-state index contributed by atoms with van der Waals surface area (Å²) in [7, 11) is 1.83. The molecule has 4 aromatic carbocycles. The first kappa shape index (κ1) is 45.9. The fourth-order valence-electron chi connectivity index (χ4n) is 9.34. The largest absolute Gasteiger partial charge is 0.493 e. The van der Waals surface area contributed by atoms with Crippen molar-refractivity contribution in [2.45, 2.75) is 78.3 Å². The van der Waals surface area contributed by atoms with Gasteiger partial charge in [-0.25, -0.2) is 22.7 Å². The van der Waals surface area contributed by atoms with E-state index >= 15 is 8.42 Å². The lowest BCUT2D eigenvalue weighted by atomic mass is 9.94. The van der Waals surface area contributed by atoms with Crippen molar-refractivity contribution in [3.05, 3.63) is 123 Å². The molecule has 1 fully saturated rings. The second-order valence-electron chi connectivity index (χ2n) is 16.5. The normalized spacial score (nSPS) is 16.4. The second kappa shape index (κ2) is 19.1. The van der Waals surface area contributed by atoms with Crippen LogP contribution in [-0.4, -0.2) is 75.2 Å². The number of methoxy groups -OCH3 is 1. The third-order valence-electron chi connectivity index (χ3n) is 12.5. The van der Waals surface area contributed by atoms with Gasteiger partial charge in [0.15, 0.2) is 12.0 Å². The van der Waals surface area contributed by atoms with Crippen LogP contribution in [0.15, 0.2) is 88.7 Å². The Morgan fingerprint density at radius 2 is 1.74 bits per heavy atom. The lowest BCUT2D eigenvalue weighted by molar-refractivity contribution is -0.738. The van der Waals surface area contributed by atoms with Gasteiger partial charge < -0.3 is 18.8 Å². The Morgan fingerprint density at radius 3 is 2.52 bits per heavy atom. The van der Waals surface area contributed by atoms with Gasteiger partial charge in [-0.1, -0.05) is 71.1 Å². The molecule has 0 aliphatic carbocycles. The van der Waals surface area contributed by atoms with Crippen molar-refractivity contribution in [3.63, 3.8) is 0 Å². The molecule has 18 heteroatoms. The van der Waals surface area contributed by atoms with Gasteiger partial charge in [-0.3, -0.25) is 4.68 Å². The molecule has 1 atom stereocenters. The lowest BCUT2D eigenvalue weighted by Crippen LogP contribution is -2.31. The van der Waals surface area contributed by atoms with Crippen LogP contribution in [0.5, 0.6) is 5.75 Å². The molecule has 5 heterocycles. The Labute approximate surface area is 401 Å². The van der Waals surface area contributed by atoms with Crippen LogP contribution in [0, 0.1) is 11.8 Å². The van der Waals surface area contributed by atoms with Crippen molar-refractivity contribution in [1.29, 1.82) is 0 Å². The van der Waals surface area contributed by atoms with Crippen LogP contribution in [-0.2, 0) is 68.1 Å². The quantitative estimate of drug-likeness (QED) is 0.0650. The number of carbonyl (C=O) groups excluding carboxylic acids is 1. The van der Waals surface area contributed by atoms with E-state index in [2.05, 4.69) is 59.0 Å². The third-order valence-corrected chi connectivity index (χ3v) is 16.2. The number of esters is 1. The number of rotatable bonds is 7. The van der Waals surface area contributed by atoms with Crippen molar-refractivity contribution in [3.8, 4) is 16.9 Å². The predicted octanol–water partition coefficient (Wildman–Crippen LogP) is 9.64. The van der Waals surface area contributed by atoms with Crippen molar-refractivity contribution in [2.75, 3.05) is 27.4 Å². The Bertz CT molecular complexity index is 3120. The lowest BCUT2D eigenvalue weighted by Gasteiger charge is -2.24. The second-order valence-corrected chi connectivity index (χ2v) is 20.2. The SMILES string of the molecule is COC(=O)c1c2c3ccc(CI)c(c3n1C)-c1c(nn(C3CCCCO3)c1C)CN(S(=O)(=O)c1ccccc1[N+](=O)OC)Cc1cc(n(C)n1)CSc1cc(c3ccccc3c1)OCCC2. The van der Waals surface area contributed by atoms with Gasteiger partial charge in [0.2, 0.25) is 0 Å². The average Bonchev–Trinajstić information content (AvgIpc) is 3.96. The highest BCUT2D eigenvalue weighted by atomic mass is 127. The van der Waals surface area contributed by atoms with Crippen LogP contribution in [0.4, 0.5) is 5.69 Å². The maximum atomic E-state index is 15.3. The topological polar surface area (TPSA) is 152 Å². The molecule has 7 aromatic rings. The van der Waals surface area contributed by atoms with Crippen LogP contribution >= 0.6 is 34.4 Å². The molecule has 1 unspecified atom stereocenters. The number of para-hydroxylation sites is 1. The van der Waals surface area contributed by atoms with E-state index in [9.17, 15) is 9.70 Å². The van der Waals surface area contributed by atoms with E-state index in [-0.39, 0.29) is 34.8 Å². The van der Waals surface area contributed by atoms with E-state index in [0.29, 0.717) is 53.3 Å². The number of aromatic nitrogens is 5. The maximum absolute atomic E-state index is 15.3. The number of halogens is 1. The zero-order valence-corrected chi connectivity index (χ0v) is 41.2. The number of aryl methyl sites for hydroxylation is 3. The number of alkyl halides is 1. The minimum atomic E-state index is -4.48. The van der Waals surface area contributed by atoms with Crippen LogP contribution in [0.25, 0.3) is 32.8 Å². The molecule has 15 nitrogen and oxygen atoms in total. The highest BCUT2D eigenvalue weighted by Crippen LogP contribution is 2.43. The Morgan fingerprint density at radius 1 is 0.939 bits per heavy atom. The number of hydrogen-bond acceptors (Lipinski definition) is 11. The first-order valence-corrected chi connectivity index (χ1v) is 25.8. The van der Waals surface area contributed by atoms with Gasteiger partial charge in [0.1, 0.15) is 17.7 Å². The molecule has 9 rings (SSSR count). The predicted molar refractivity (Wildman–Crippen MR) is 260 cm³/mol. The molecule has 0 saturated carbocycles. The molecule has 8 bridgehead atoms. The van der Waals surface area contributed by atoms with Crippen molar-refractivity contribution < 1.29 is 37.2 Å². The number of sulfonamides is 1. The van der Waals surface area contributed by atoms with Gasteiger partial charge in [0, 0.05) is 75.1 Å². The fraction of sp³-hybridized carbons (Fsp3) is 0.354. The van der Waals surface area contributed by atoms with Gasteiger partial charge in [0.25, 0.3) is 14.9 Å². The molecule has 66 heavy (non-hydrogen) atoms. The summed E-state index contributed by atoms with van der Waals surface area (Å²) in [4.78, 5) is 33.0. The summed E-state index contributed by atoms with van der Waals surface area (Å²) in [5.74, 6) is 0.843. The first-order valence-electron chi connectivity index (χ1n) is 21.8. The number of thioether (sulfide) groups is 1. The van der Waals surface area contributed by atoms with Crippen LogP contribution < -0.4 is 4.74 Å². The summed E-state index contributed by atoms with van der Waals surface area (Å²) in [6.07, 6.45) is 3.35. The van der Waals surface area contributed by atoms with Crippen molar-refractivity contribution in [2.24, 2.45) is 14.1 Å². The average molecular weight is 1050 g/mol. The molecule has 0 N–H and O–H groups in total. The molecule has 0 spiro atoms. The van der Waals surface area contributed by atoms with Gasteiger partial charge >= 0.3 is 11.7 Å². The Hall–Kier alpha value is -5.28. The third kappa shape index (κ3) is 8.50. The summed E-state index contributed by atoms with van der Waals surface area (Å²) in [6.45, 7) is 2.62.